The first-order chi connectivity index (χ1) is 11.8. The van der Waals surface area contributed by atoms with Crippen molar-refractivity contribution in [1.82, 2.24) is 10.2 Å². The highest BCUT2D eigenvalue weighted by atomic mass is 16.6. The fraction of sp³-hybridized carbons (Fsp3) is 0.842. The number of carbonyl (C=O) groups is 2. The minimum Gasteiger partial charge on any atom is -0.386 e. The van der Waals surface area contributed by atoms with Crippen LogP contribution >= 0.6 is 0 Å². The highest BCUT2D eigenvalue weighted by molar-refractivity contribution is 5.88. The molecule has 2 aliphatic rings. The summed E-state index contributed by atoms with van der Waals surface area (Å²) in [5.41, 5.74) is 0.580. The average Bonchev–Trinajstić information content (AvgIpc) is 2.56. The lowest BCUT2D eigenvalue weighted by molar-refractivity contribution is -0.139. The molecule has 142 valence electrons. The third-order valence-electron chi connectivity index (χ3n) is 5.12. The molecule has 1 aliphatic heterocycles. The first kappa shape index (κ1) is 19.7. The molecule has 2 atom stereocenters. The van der Waals surface area contributed by atoms with Crippen molar-refractivity contribution in [1.29, 1.82) is 0 Å². The van der Waals surface area contributed by atoms with E-state index >= 15 is 0 Å². The number of hydrogen-bond acceptors (Lipinski definition) is 4. The highest BCUT2D eigenvalue weighted by Crippen LogP contribution is 2.23. The van der Waals surface area contributed by atoms with Crippen LogP contribution in [0, 0.1) is 11.3 Å². The average molecular weight is 351 g/mol. The molecule has 2 fully saturated rings. The van der Waals surface area contributed by atoms with Gasteiger partial charge in [-0.05, 0) is 18.8 Å². The van der Waals surface area contributed by atoms with Crippen LogP contribution in [0.15, 0.2) is 5.16 Å². The number of amides is 2. The molecule has 1 saturated heterocycles. The Balaban J connectivity index is 1.69. The van der Waals surface area contributed by atoms with Crippen LogP contribution in [0.3, 0.4) is 0 Å². The summed E-state index contributed by atoms with van der Waals surface area (Å²) in [6, 6.07) is 0.268. The van der Waals surface area contributed by atoms with Gasteiger partial charge in [-0.25, -0.2) is 0 Å². The van der Waals surface area contributed by atoms with Gasteiger partial charge in [-0.1, -0.05) is 45.7 Å². The third-order valence-corrected chi connectivity index (χ3v) is 5.12. The Morgan fingerprint density at radius 3 is 2.44 bits per heavy atom. The molecule has 2 unspecified atom stereocenters. The Morgan fingerprint density at radius 1 is 1.20 bits per heavy atom. The van der Waals surface area contributed by atoms with Crippen molar-refractivity contribution < 1.29 is 14.4 Å². The Hall–Kier alpha value is -1.59. The van der Waals surface area contributed by atoms with Crippen LogP contribution in [0.25, 0.3) is 0 Å². The van der Waals surface area contributed by atoms with Crippen LogP contribution < -0.4 is 5.32 Å². The molecular weight excluding hydrogens is 318 g/mol. The molecule has 2 rings (SSSR count). The van der Waals surface area contributed by atoms with Gasteiger partial charge in [0.15, 0.2) is 6.61 Å². The SMILES string of the molecule is CC1CCCCC1NC(=O)CON=C1CCN(C(=O)C(C)(C)C)CC1. The molecule has 0 bridgehead atoms. The molecule has 1 saturated carbocycles. The molecule has 6 heteroatoms. The van der Waals surface area contributed by atoms with Crippen molar-refractivity contribution in [3.63, 3.8) is 0 Å². The Kier molecular flexibility index (Phi) is 6.85. The fourth-order valence-corrected chi connectivity index (χ4v) is 3.49. The number of hydrogen-bond donors (Lipinski definition) is 1. The van der Waals surface area contributed by atoms with Gasteiger partial charge in [0.1, 0.15) is 0 Å². The molecule has 0 aromatic carbocycles. The second-order valence-electron chi connectivity index (χ2n) is 8.41. The number of carbonyl (C=O) groups excluding carboxylic acids is 2. The molecule has 0 aromatic rings. The van der Waals surface area contributed by atoms with Gasteiger partial charge < -0.3 is 15.1 Å². The van der Waals surface area contributed by atoms with Crippen LogP contribution in [-0.4, -0.2) is 48.2 Å². The number of likely N-dealkylation sites (tertiary alicyclic amines) is 1. The topological polar surface area (TPSA) is 71.0 Å². The van der Waals surface area contributed by atoms with Gasteiger partial charge in [-0.2, -0.15) is 0 Å². The molecule has 0 aromatic heterocycles. The van der Waals surface area contributed by atoms with E-state index < -0.39 is 0 Å². The van der Waals surface area contributed by atoms with Gasteiger partial charge in [0.25, 0.3) is 5.91 Å². The van der Waals surface area contributed by atoms with Gasteiger partial charge in [0, 0.05) is 37.4 Å². The first-order valence-corrected chi connectivity index (χ1v) is 9.54. The van der Waals surface area contributed by atoms with E-state index in [9.17, 15) is 9.59 Å². The van der Waals surface area contributed by atoms with Gasteiger partial charge in [-0.15, -0.1) is 0 Å². The predicted octanol–water partition coefficient (Wildman–Crippen LogP) is 2.72. The summed E-state index contributed by atoms with van der Waals surface area (Å²) >= 11 is 0. The summed E-state index contributed by atoms with van der Waals surface area (Å²) in [4.78, 5) is 31.4. The lowest BCUT2D eigenvalue weighted by Gasteiger charge is -2.32. The number of oxime groups is 1. The molecule has 6 nitrogen and oxygen atoms in total. The molecule has 0 radical (unpaired) electrons. The highest BCUT2D eigenvalue weighted by Gasteiger charge is 2.29. The van der Waals surface area contributed by atoms with Crippen molar-refractivity contribution in [2.75, 3.05) is 19.7 Å². The lowest BCUT2D eigenvalue weighted by Crippen LogP contribution is -2.44. The molecule has 25 heavy (non-hydrogen) atoms. The van der Waals surface area contributed by atoms with Crippen molar-refractivity contribution >= 4 is 17.5 Å². The summed E-state index contributed by atoms with van der Waals surface area (Å²) in [5.74, 6) is 0.616. The second-order valence-corrected chi connectivity index (χ2v) is 8.41. The standard InChI is InChI=1S/C19H33N3O3/c1-14-7-5-6-8-16(14)20-17(23)13-25-21-15-9-11-22(12-10-15)18(24)19(2,3)4/h14,16H,5-13H2,1-4H3,(H,20,23). The van der Waals surface area contributed by atoms with E-state index in [1.54, 1.807) is 0 Å². The van der Waals surface area contributed by atoms with Crippen LogP contribution in [0.2, 0.25) is 0 Å². The predicted molar refractivity (Wildman–Crippen MR) is 98.2 cm³/mol. The van der Waals surface area contributed by atoms with E-state index in [4.69, 9.17) is 4.84 Å². The van der Waals surface area contributed by atoms with E-state index in [2.05, 4.69) is 17.4 Å². The quantitative estimate of drug-likeness (QED) is 0.792. The largest absolute Gasteiger partial charge is 0.386 e. The van der Waals surface area contributed by atoms with Gasteiger partial charge >= 0.3 is 0 Å². The van der Waals surface area contributed by atoms with E-state index in [0.29, 0.717) is 31.8 Å². The fourth-order valence-electron chi connectivity index (χ4n) is 3.49. The van der Waals surface area contributed by atoms with Crippen LogP contribution in [0.1, 0.15) is 66.2 Å². The van der Waals surface area contributed by atoms with E-state index in [0.717, 1.165) is 12.1 Å². The Labute approximate surface area is 151 Å². The van der Waals surface area contributed by atoms with Crippen LogP contribution in [0.5, 0.6) is 0 Å². The van der Waals surface area contributed by atoms with Crippen LogP contribution in [-0.2, 0) is 14.4 Å². The summed E-state index contributed by atoms with van der Waals surface area (Å²) in [5, 5.41) is 7.17. The van der Waals surface area contributed by atoms with Crippen LogP contribution in [0.4, 0.5) is 0 Å². The summed E-state index contributed by atoms with van der Waals surface area (Å²) in [6.07, 6.45) is 6.10. The molecule has 1 aliphatic carbocycles. The third kappa shape index (κ3) is 6.01. The minimum atomic E-state index is -0.348. The normalized spacial score (nSPS) is 24.6. The maximum atomic E-state index is 12.2. The lowest BCUT2D eigenvalue weighted by atomic mass is 9.86. The zero-order valence-electron chi connectivity index (χ0n) is 16.1. The van der Waals surface area contributed by atoms with Crippen molar-refractivity contribution in [2.24, 2.45) is 16.5 Å². The van der Waals surface area contributed by atoms with Crippen molar-refractivity contribution in [3.05, 3.63) is 0 Å². The number of nitrogens with one attached hydrogen (secondary N) is 1. The smallest absolute Gasteiger partial charge is 0.261 e. The zero-order chi connectivity index (χ0) is 18.4. The molecule has 1 N–H and O–H groups in total. The maximum absolute atomic E-state index is 12.2. The Morgan fingerprint density at radius 2 is 1.84 bits per heavy atom. The number of rotatable bonds is 4. The summed E-state index contributed by atoms with van der Waals surface area (Å²) < 4.78 is 0. The van der Waals surface area contributed by atoms with Gasteiger partial charge in [-0.3, -0.25) is 9.59 Å². The van der Waals surface area contributed by atoms with E-state index in [1.807, 2.05) is 25.7 Å². The first-order valence-electron chi connectivity index (χ1n) is 9.54. The van der Waals surface area contributed by atoms with Crippen molar-refractivity contribution in [2.45, 2.75) is 72.3 Å². The van der Waals surface area contributed by atoms with E-state index in [1.165, 1.54) is 19.3 Å². The maximum Gasteiger partial charge on any atom is 0.261 e. The number of nitrogens with zero attached hydrogens (tertiary/aromatic N) is 2. The van der Waals surface area contributed by atoms with E-state index in [-0.39, 0.29) is 29.9 Å². The van der Waals surface area contributed by atoms with Gasteiger partial charge in [0.2, 0.25) is 5.91 Å². The minimum absolute atomic E-state index is 0.0304. The number of piperidine rings is 1. The summed E-state index contributed by atoms with van der Waals surface area (Å²) in [7, 11) is 0. The molecule has 0 spiro atoms. The summed E-state index contributed by atoms with van der Waals surface area (Å²) in [6.45, 7) is 9.32. The van der Waals surface area contributed by atoms with Gasteiger partial charge in [0.05, 0.1) is 5.71 Å². The molecule has 2 amide bonds. The Bertz CT molecular complexity index is 501. The second kappa shape index (κ2) is 8.68. The molecule has 1 heterocycles. The van der Waals surface area contributed by atoms with Crippen molar-refractivity contribution in [3.8, 4) is 0 Å². The zero-order valence-corrected chi connectivity index (χ0v) is 16.1. The molecular formula is C19H33N3O3. The monoisotopic (exact) mass is 351 g/mol.